The molecular formula is C19H16N2O6S2. The second-order valence-corrected chi connectivity index (χ2v) is 7.43. The molecule has 3 rings (SSSR count). The van der Waals surface area contributed by atoms with E-state index in [0.29, 0.717) is 37.7 Å². The number of nitrogens with zero attached hydrogens (tertiary/aromatic N) is 2. The summed E-state index contributed by atoms with van der Waals surface area (Å²) in [5.41, 5.74) is 1.07. The third kappa shape index (κ3) is 4.03. The molecule has 2 aromatic rings. The molecule has 150 valence electrons. The quantitative estimate of drug-likeness (QED) is 0.292. The van der Waals surface area contributed by atoms with Crippen LogP contribution in [0.5, 0.6) is 17.2 Å². The average Bonchev–Trinajstić information content (AvgIpc) is 3.00. The first-order chi connectivity index (χ1) is 13.9. The first kappa shape index (κ1) is 20.6. The Morgan fingerprint density at radius 3 is 2.14 bits per heavy atom. The number of nitro groups is 1. The smallest absolute Gasteiger partial charge is 0.270 e. The van der Waals surface area contributed by atoms with E-state index < -0.39 is 4.92 Å². The van der Waals surface area contributed by atoms with Crippen LogP contribution in [-0.2, 0) is 4.79 Å². The van der Waals surface area contributed by atoms with Crippen molar-refractivity contribution >= 4 is 51.7 Å². The lowest BCUT2D eigenvalue weighted by Gasteiger charge is -2.14. The number of rotatable bonds is 6. The zero-order valence-corrected chi connectivity index (χ0v) is 17.3. The number of methoxy groups -OCH3 is 3. The molecule has 1 saturated heterocycles. The second-order valence-electron chi connectivity index (χ2n) is 5.75. The molecule has 10 heteroatoms. The van der Waals surface area contributed by atoms with Crippen molar-refractivity contribution in [2.24, 2.45) is 0 Å². The Balaban J connectivity index is 1.95. The number of hydrogen-bond donors (Lipinski definition) is 0. The standard InChI is InChI=1S/C19H16N2O6S2/c1-25-14-8-11(9-15(26-2)17(14)27-3)10-16-18(22)20(19(28)29-16)12-4-6-13(7-5-12)21(23)24/h4-10H,1-3H3/b16-10+. The summed E-state index contributed by atoms with van der Waals surface area (Å²) in [7, 11) is 4.53. The van der Waals surface area contributed by atoms with Gasteiger partial charge >= 0.3 is 0 Å². The number of carbonyl (C=O) groups is 1. The van der Waals surface area contributed by atoms with E-state index in [1.54, 1.807) is 18.2 Å². The first-order valence-corrected chi connectivity index (χ1v) is 9.44. The SMILES string of the molecule is COc1cc(/C=C2/SC(=S)N(c3ccc([N+](=O)[O-])cc3)C2=O)cc(OC)c1OC. The van der Waals surface area contributed by atoms with Gasteiger partial charge in [-0.25, -0.2) is 0 Å². The molecule has 1 heterocycles. The second kappa shape index (κ2) is 8.50. The number of anilines is 1. The topological polar surface area (TPSA) is 91.1 Å². The summed E-state index contributed by atoms with van der Waals surface area (Å²) in [4.78, 5) is 25.0. The number of benzene rings is 2. The van der Waals surface area contributed by atoms with Gasteiger partial charge in [0.1, 0.15) is 0 Å². The Kier molecular flexibility index (Phi) is 6.04. The van der Waals surface area contributed by atoms with E-state index in [2.05, 4.69) is 0 Å². The lowest BCUT2D eigenvalue weighted by molar-refractivity contribution is -0.384. The number of ether oxygens (including phenoxy) is 3. The molecule has 0 aromatic heterocycles. The van der Waals surface area contributed by atoms with Crippen LogP contribution >= 0.6 is 24.0 Å². The van der Waals surface area contributed by atoms with Crippen molar-refractivity contribution in [3.8, 4) is 17.2 Å². The highest BCUT2D eigenvalue weighted by Gasteiger charge is 2.33. The van der Waals surface area contributed by atoms with Crippen LogP contribution in [0.2, 0.25) is 0 Å². The molecule has 0 radical (unpaired) electrons. The Morgan fingerprint density at radius 1 is 1.07 bits per heavy atom. The third-order valence-electron chi connectivity index (χ3n) is 4.10. The molecule has 0 N–H and O–H groups in total. The average molecular weight is 432 g/mol. The summed E-state index contributed by atoms with van der Waals surface area (Å²) in [6.07, 6.45) is 1.68. The van der Waals surface area contributed by atoms with Crippen LogP contribution in [0.3, 0.4) is 0 Å². The molecule has 1 fully saturated rings. The Morgan fingerprint density at radius 2 is 1.66 bits per heavy atom. The van der Waals surface area contributed by atoms with Gasteiger partial charge in [-0.1, -0.05) is 24.0 Å². The van der Waals surface area contributed by atoms with Gasteiger partial charge in [0.05, 0.1) is 36.8 Å². The first-order valence-electron chi connectivity index (χ1n) is 8.22. The van der Waals surface area contributed by atoms with Crippen molar-refractivity contribution in [1.82, 2.24) is 0 Å². The van der Waals surface area contributed by atoms with Gasteiger partial charge in [0.15, 0.2) is 15.8 Å². The van der Waals surface area contributed by atoms with Crippen LogP contribution < -0.4 is 19.1 Å². The Hall–Kier alpha value is -3.11. The fourth-order valence-electron chi connectivity index (χ4n) is 2.75. The lowest BCUT2D eigenvalue weighted by Crippen LogP contribution is -2.27. The van der Waals surface area contributed by atoms with Gasteiger partial charge in [0.25, 0.3) is 11.6 Å². The minimum Gasteiger partial charge on any atom is -0.493 e. The summed E-state index contributed by atoms with van der Waals surface area (Å²) >= 11 is 6.48. The highest BCUT2D eigenvalue weighted by Crippen LogP contribution is 2.41. The number of thioether (sulfide) groups is 1. The predicted molar refractivity (Wildman–Crippen MR) is 115 cm³/mol. The molecule has 0 aliphatic carbocycles. The third-order valence-corrected chi connectivity index (χ3v) is 5.40. The maximum Gasteiger partial charge on any atom is 0.270 e. The van der Waals surface area contributed by atoms with E-state index in [1.807, 2.05) is 0 Å². The molecule has 29 heavy (non-hydrogen) atoms. The van der Waals surface area contributed by atoms with Gasteiger partial charge in [0, 0.05) is 12.1 Å². The lowest BCUT2D eigenvalue weighted by atomic mass is 10.1. The Labute approximate surface area is 176 Å². The molecule has 0 saturated carbocycles. The number of hydrogen-bond acceptors (Lipinski definition) is 8. The molecule has 1 aliphatic heterocycles. The van der Waals surface area contributed by atoms with Gasteiger partial charge in [-0.15, -0.1) is 0 Å². The number of carbonyl (C=O) groups excluding carboxylic acids is 1. The molecular weight excluding hydrogens is 416 g/mol. The zero-order valence-electron chi connectivity index (χ0n) is 15.7. The van der Waals surface area contributed by atoms with E-state index >= 15 is 0 Å². The summed E-state index contributed by atoms with van der Waals surface area (Å²) in [5.74, 6) is 1.06. The van der Waals surface area contributed by atoms with E-state index in [4.69, 9.17) is 26.4 Å². The fraction of sp³-hybridized carbons (Fsp3) is 0.158. The van der Waals surface area contributed by atoms with Crippen molar-refractivity contribution in [2.75, 3.05) is 26.2 Å². The number of nitro benzene ring substituents is 1. The van der Waals surface area contributed by atoms with E-state index in [-0.39, 0.29) is 11.6 Å². The summed E-state index contributed by atoms with van der Waals surface area (Å²) < 4.78 is 16.3. The van der Waals surface area contributed by atoms with E-state index in [9.17, 15) is 14.9 Å². The Bertz CT molecular complexity index is 995. The van der Waals surface area contributed by atoms with Crippen molar-refractivity contribution < 1.29 is 23.9 Å². The monoisotopic (exact) mass is 432 g/mol. The molecule has 8 nitrogen and oxygen atoms in total. The summed E-state index contributed by atoms with van der Waals surface area (Å²) in [6, 6.07) is 9.09. The minimum atomic E-state index is -0.502. The number of amides is 1. The number of non-ortho nitro benzene ring substituents is 1. The van der Waals surface area contributed by atoms with Gasteiger partial charge in [-0.2, -0.15) is 0 Å². The van der Waals surface area contributed by atoms with E-state index in [1.165, 1.54) is 50.5 Å². The van der Waals surface area contributed by atoms with Crippen molar-refractivity contribution in [3.63, 3.8) is 0 Å². The fourth-order valence-corrected chi connectivity index (χ4v) is 4.05. The van der Waals surface area contributed by atoms with E-state index in [0.717, 1.165) is 11.8 Å². The highest BCUT2D eigenvalue weighted by molar-refractivity contribution is 8.27. The molecule has 1 aliphatic rings. The van der Waals surface area contributed by atoms with Gasteiger partial charge in [-0.05, 0) is 35.9 Å². The highest BCUT2D eigenvalue weighted by atomic mass is 32.2. The molecule has 0 bridgehead atoms. The molecule has 0 unspecified atom stereocenters. The zero-order chi connectivity index (χ0) is 21.1. The van der Waals surface area contributed by atoms with Crippen molar-refractivity contribution in [3.05, 3.63) is 57.0 Å². The molecule has 1 amide bonds. The van der Waals surface area contributed by atoms with Crippen molar-refractivity contribution in [1.29, 1.82) is 0 Å². The number of thiocarbonyl (C=S) groups is 1. The van der Waals surface area contributed by atoms with Crippen LogP contribution in [0, 0.1) is 10.1 Å². The minimum absolute atomic E-state index is 0.0628. The van der Waals surface area contributed by atoms with Crippen molar-refractivity contribution in [2.45, 2.75) is 0 Å². The van der Waals surface area contributed by atoms with Crippen LogP contribution in [0.15, 0.2) is 41.3 Å². The van der Waals surface area contributed by atoms with Crippen LogP contribution in [-0.4, -0.2) is 36.5 Å². The van der Waals surface area contributed by atoms with Gasteiger partial charge < -0.3 is 14.2 Å². The predicted octanol–water partition coefficient (Wildman–Crippen LogP) is 4.03. The van der Waals surface area contributed by atoms with Gasteiger partial charge in [0.2, 0.25) is 5.75 Å². The maximum absolute atomic E-state index is 12.9. The van der Waals surface area contributed by atoms with Crippen LogP contribution in [0.25, 0.3) is 6.08 Å². The molecule has 0 atom stereocenters. The maximum atomic E-state index is 12.9. The molecule has 2 aromatic carbocycles. The van der Waals surface area contributed by atoms with Crippen LogP contribution in [0.4, 0.5) is 11.4 Å². The van der Waals surface area contributed by atoms with Crippen LogP contribution in [0.1, 0.15) is 5.56 Å². The normalized spacial score (nSPS) is 15.0. The largest absolute Gasteiger partial charge is 0.493 e. The molecule has 0 spiro atoms. The summed E-state index contributed by atoms with van der Waals surface area (Å²) in [5, 5.41) is 10.8. The van der Waals surface area contributed by atoms with Gasteiger partial charge in [-0.3, -0.25) is 19.8 Å². The summed E-state index contributed by atoms with van der Waals surface area (Å²) in [6.45, 7) is 0.